The van der Waals surface area contributed by atoms with Crippen LogP contribution in [0.3, 0.4) is 0 Å². The Morgan fingerprint density at radius 1 is 1.03 bits per heavy atom. The number of nitro groups is 1. The Morgan fingerprint density at radius 3 is 2.37 bits per heavy atom. The summed E-state index contributed by atoms with van der Waals surface area (Å²) in [4.78, 5) is 32.5. The first-order valence-electron chi connectivity index (χ1n) is 9.16. The van der Waals surface area contributed by atoms with Gasteiger partial charge in [-0.1, -0.05) is 36.4 Å². The predicted molar refractivity (Wildman–Crippen MR) is 115 cm³/mol. The molecule has 1 N–H and O–H groups in total. The molecule has 0 radical (unpaired) electrons. The molecular formula is C22H17N5O3. The van der Waals surface area contributed by atoms with Crippen LogP contribution in [-0.4, -0.2) is 25.4 Å². The van der Waals surface area contributed by atoms with Gasteiger partial charge in [-0.3, -0.25) is 20.0 Å². The van der Waals surface area contributed by atoms with E-state index in [1.807, 2.05) is 36.4 Å². The van der Waals surface area contributed by atoms with Gasteiger partial charge in [-0.2, -0.15) is 0 Å². The summed E-state index contributed by atoms with van der Waals surface area (Å²) >= 11 is 0. The van der Waals surface area contributed by atoms with E-state index in [-0.39, 0.29) is 11.2 Å². The van der Waals surface area contributed by atoms with Crippen molar-refractivity contribution in [3.05, 3.63) is 105 Å². The Hall–Kier alpha value is -4.33. The van der Waals surface area contributed by atoms with Crippen molar-refractivity contribution in [1.29, 1.82) is 0 Å². The van der Waals surface area contributed by atoms with Crippen LogP contribution in [0, 0.1) is 10.1 Å². The lowest BCUT2D eigenvalue weighted by Crippen LogP contribution is -2.19. The third-order valence-corrected chi connectivity index (χ3v) is 4.57. The molecule has 0 aliphatic rings. The molecule has 148 valence electrons. The molecule has 4 aromatic rings. The summed E-state index contributed by atoms with van der Waals surface area (Å²) in [6, 6.07) is 20.6. The van der Waals surface area contributed by atoms with Gasteiger partial charge in [0.25, 0.3) is 11.2 Å². The first-order valence-corrected chi connectivity index (χ1v) is 9.16. The minimum Gasteiger partial charge on any atom is -0.290 e. The Bertz CT molecular complexity index is 1270. The van der Waals surface area contributed by atoms with E-state index in [1.54, 1.807) is 25.3 Å². The maximum absolute atomic E-state index is 13.3. The molecule has 0 unspecified atom stereocenters. The van der Waals surface area contributed by atoms with Crippen molar-refractivity contribution in [3.63, 3.8) is 0 Å². The third kappa shape index (κ3) is 3.66. The molecule has 0 spiro atoms. The molecule has 0 atom stereocenters. The van der Waals surface area contributed by atoms with E-state index in [0.717, 1.165) is 5.56 Å². The molecule has 0 fully saturated rings. The minimum absolute atomic E-state index is 0.0465. The lowest BCUT2D eigenvalue weighted by molar-refractivity contribution is -0.384. The molecule has 30 heavy (non-hydrogen) atoms. The van der Waals surface area contributed by atoms with Gasteiger partial charge in [-0.15, -0.1) is 0 Å². The number of benzene rings is 2. The molecule has 0 bridgehead atoms. The van der Waals surface area contributed by atoms with Crippen molar-refractivity contribution in [2.24, 2.45) is 4.99 Å². The zero-order valence-corrected chi connectivity index (χ0v) is 16.0. The molecule has 0 aliphatic heterocycles. The van der Waals surface area contributed by atoms with Gasteiger partial charge in [0.15, 0.2) is 5.82 Å². The summed E-state index contributed by atoms with van der Waals surface area (Å²) in [5.41, 5.74) is 2.48. The zero-order chi connectivity index (χ0) is 21.1. The fourth-order valence-corrected chi connectivity index (χ4v) is 3.14. The highest BCUT2D eigenvalue weighted by Gasteiger charge is 2.19. The second-order valence-electron chi connectivity index (χ2n) is 6.53. The summed E-state index contributed by atoms with van der Waals surface area (Å²) in [5, 5.41) is 14.1. The Balaban J connectivity index is 1.89. The number of aromatic nitrogens is 3. The van der Waals surface area contributed by atoms with Gasteiger partial charge in [0.1, 0.15) is 0 Å². The quantitative estimate of drug-likeness (QED) is 0.307. The number of hydrogen-bond acceptors (Lipinski definition) is 5. The third-order valence-electron chi connectivity index (χ3n) is 4.57. The second-order valence-corrected chi connectivity index (χ2v) is 6.53. The Labute approximate surface area is 171 Å². The summed E-state index contributed by atoms with van der Waals surface area (Å²) in [6.07, 6.45) is 1.64. The maximum atomic E-state index is 13.3. The highest BCUT2D eigenvalue weighted by molar-refractivity contribution is 6.04. The highest BCUT2D eigenvalue weighted by atomic mass is 16.6. The van der Waals surface area contributed by atoms with Gasteiger partial charge in [0.2, 0.25) is 0 Å². The molecule has 0 saturated heterocycles. The number of nitrogens with zero attached hydrogens (tertiary/aromatic N) is 4. The van der Waals surface area contributed by atoms with Crippen LogP contribution in [0.25, 0.3) is 16.9 Å². The highest BCUT2D eigenvalue weighted by Crippen LogP contribution is 2.23. The first kappa shape index (κ1) is 19.0. The number of pyridine rings is 1. The van der Waals surface area contributed by atoms with Crippen LogP contribution in [0.15, 0.2) is 88.8 Å². The lowest BCUT2D eigenvalue weighted by Gasteiger charge is -2.03. The normalized spacial score (nSPS) is 11.4. The smallest absolute Gasteiger partial charge is 0.280 e. The SMILES string of the molecule is C/C(=N\c1ccccn1)c1c(-c2ccccc2)[nH]n(-c2ccc([N+](=O)[O-])cc2)c1=O. The second kappa shape index (κ2) is 7.96. The van der Waals surface area contributed by atoms with Crippen LogP contribution in [0.4, 0.5) is 11.5 Å². The summed E-state index contributed by atoms with van der Waals surface area (Å²) in [5.74, 6) is 0.497. The van der Waals surface area contributed by atoms with Gasteiger partial charge in [0, 0.05) is 23.9 Å². The van der Waals surface area contributed by atoms with Gasteiger partial charge in [0.05, 0.1) is 27.6 Å². The average Bonchev–Trinajstić information content (AvgIpc) is 3.12. The van der Waals surface area contributed by atoms with Crippen molar-refractivity contribution in [1.82, 2.24) is 14.8 Å². The molecule has 8 heteroatoms. The summed E-state index contributed by atoms with van der Waals surface area (Å²) in [7, 11) is 0. The molecule has 0 amide bonds. The molecule has 2 heterocycles. The first-order chi connectivity index (χ1) is 14.5. The van der Waals surface area contributed by atoms with Crippen LogP contribution < -0.4 is 5.56 Å². The average molecular weight is 399 g/mol. The fraction of sp³-hybridized carbons (Fsp3) is 0.0455. The van der Waals surface area contributed by atoms with E-state index < -0.39 is 4.92 Å². The number of nitro benzene ring substituents is 1. The zero-order valence-electron chi connectivity index (χ0n) is 16.0. The monoisotopic (exact) mass is 399 g/mol. The minimum atomic E-state index is -0.480. The van der Waals surface area contributed by atoms with Crippen LogP contribution in [0.1, 0.15) is 12.5 Å². The van der Waals surface area contributed by atoms with Gasteiger partial charge in [-0.25, -0.2) is 14.7 Å². The van der Waals surface area contributed by atoms with E-state index in [9.17, 15) is 14.9 Å². The van der Waals surface area contributed by atoms with E-state index in [1.165, 1.54) is 28.9 Å². The number of aromatic amines is 1. The molecule has 0 saturated carbocycles. The fourth-order valence-electron chi connectivity index (χ4n) is 3.14. The number of aliphatic imine (C=N–C) groups is 1. The van der Waals surface area contributed by atoms with E-state index >= 15 is 0 Å². The number of nitrogens with one attached hydrogen (secondary N) is 1. The van der Waals surface area contributed by atoms with Gasteiger partial charge < -0.3 is 0 Å². The largest absolute Gasteiger partial charge is 0.290 e. The van der Waals surface area contributed by atoms with E-state index in [4.69, 9.17) is 0 Å². The van der Waals surface area contributed by atoms with E-state index in [0.29, 0.717) is 28.5 Å². The molecule has 2 aromatic carbocycles. The topological polar surface area (TPSA) is 106 Å². The molecule has 2 aromatic heterocycles. The number of H-pyrrole nitrogens is 1. The predicted octanol–water partition coefficient (Wildman–Crippen LogP) is 4.28. The lowest BCUT2D eigenvalue weighted by atomic mass is 10.1. The van der Waals surface area contributed by atoms with Crippen LogP contribution in [0.5, 0.6) is 0 Å². The summed E-state index contributed by atoms with van der Waals surface area (Å²) < 4.78 is 1.36. The van der Waals surface area contributed by atoms with Crippen LogP contribution in [-0.2, 0) is 0 Å². The molecule has 0 aliphatic carbocycles. The van der Waals surface area contributed by atoms with Crippen molar-refractivity contribution in [2.75, 3.05) is 0 Å². The standard InChI is InChI=1S/C22H17N5O3/c1-15(24-19-9-5-6-14-23-19)20-21(16-7-3-2-4-8-16)25-26(22(20)28)17-10-12-18(13-11-17)27(29)30/h2-14,25H,1H3/b24-15+. The number of rotatable bonds is 5. The number of hydrogen-bond donors (Lipinski definition) is 1. The molecule has 8 nitrogen and oxygen atoms in total. The van der Waals surface area contributed by atoms with Crippen molar-refractivity contribution in [3.8, 4) is 16.9 Å². The van der Waals surface area contributed by atoms with Gasteiger partial charge in [-0.05, 0) is 31.2 Å². The van der Waals surface area contributed by atoms with Crippen molar-refractivity contribution >= 4 is 17.2 Å². The summed E-state index contributed by atoms with van der Waals surface area (Å²) in [6.45, 7) is 1.76. The molecular weight excluding hydrogens is 382 g/mol. The Kier molecular flexibility index (Phi) is 5.04. The van der Waals surface area contributed by atoms with Crippen LogP contribution >= 0.6 is 0 Å². The van der Waals surface area contributed by atoms with Crippen molar-refractivity contribution in [2.45, 2.75) is 6.92 Å². The van der Waals surface area contributed by atoms with Crippen molar-refractivity contribution < 1.29 is 4.92 Å². The maximum Gasteiger partial charge on any atom is 0.280 e. The Morgan fingerprint density at radius 2 is 1.73 bits per heavy atom. The van der Waals surface area contributed by atoms with E-state index in [2.05, 4.69) is 15.1 Å². The van der Waals surface area contributed by atoms with Gasteiger partial charge >= 0.3 is 0 Å². The molecule has 4 rings (SSSR count). The van der Waals surface area contributed by atoms with Crippen LogP contribution in [0.2, 0.25) is 0 Å². The number of non-ortho nitro benzene ring substituents is 1.